The maximum Gasteiger partial charge on any atom is 0.0657 e. The summed E-state index contributed by atoms with van der Waals surface area (Å²) in [7, 11) is 0. The molecule has 3 aliphatic heterocycles. The third-order valence-electron chi connectivity index (χ3n) is 4.57. The number of hydrogen-bond acceptors (Lipinski definition) is 2. The smallest absolute Gasteiger partial charge is 0.0657 e. The fourth-order valence-electron chi connectivity index (χ4n) is 3.75. The first-order valence-electron chi connectivity index (χ1n) is 7.38. The Kier molecular flexibility index (Phi) is 4.14. The molecule has 2 nitrogen and oxygen atoms in total. The van der Waals surface area contributed by atoms with Crippen molar-refractivity contribution >= 4 is 0 Å². The van der Waals surface area contributed by atoms with Crippen molar-refractivity contribution < 1.29 is 4.74 Å². The highest BCUT2D eigenvalue weighted by molar-refractivity contribution is 4.98. The summed E-state index contributed by atoms with van der Waals surface area (Å²) in [5, 5.41) is 3.38. The summed E-state index contributed by atoms with van der Waals surface area (Å²) in [4.78, 5) is 0. The largest absolute Gasteiger partial charge is 0.374 e. The molecule has 3 fully saturated rings. The second-order valence-electron chi connectivity index (χ2n) is 6.94. The van der Waals surface area contributed by atoms with Crippen LogP contribution in [0.2, 0.25) is 0 Å². The quantitative estimate of drug-likeness (QED) is 0.700. The van der Waals surface area contributed by atoms with Crippen molar-refractivity contribution in [2.75, 3.05) is 6.54 Å². The molecule has 0 aromatic carbocycles. The Bertz CT molecular complexity index is 245. The molecule has 0 aliphatic carbocycles. The molecule has 0 spiro atoms. The van der Waals surface area contributed by atoms with E-state index in [9.17, 15) is 0 Å². The number of rotatable bonds is 0. The predicted molar refractivity (Wildman–Crippen MR) is 72.2 cm³/mol. The number of piperidine rings is 1. The van der Waals surface area contributed by atoms with Gasteiger partial charge in [-0.3, -0.25) is 0 Å². The van der Waals surface area contributed by atoms with E-state index in [1.54, 1.807) is 0 Å². The van der Waals surface area contributed by atoms with Crippen LogP contribution in [-0.4, -0.2) is 24.8 Å². The molecule has 4 atom stereocenters. The topological polar surface area (TPSA) is 21.3 Å². The average molecular weight is 239 g/mol. The molecule has 0 aromatic rings. The molecule has 3 rings (SSSR count). The van der Waals surface area contributed by atoms with Crippen LogP contribution in [0, 0.1) is 11.3 Å². The minimum atomic E-state index is 0.461. The van der Waals surface area contributed by atoms with Crippen molar-refractivity contribution in [1.29, 1.82) is 0 Å². The first-order valence-corrected chi connectivity index (χ1v) is 7.38. The molecule has 0 radical (unpaired) electrons. The summed E-state index contributed by atoms with van der Waals surface area (Å²) >= 11 is 0. The maximum absolute atomic E-state index is 5.80. The molecule has 2 bridgehead atoms. The zero-order valence-corrected chi connectivity index (χ0v) is 12.0. The minimum Gasteiger partial charge on any atom is -0.374 e. The van der Waals surface area contributed by atoms with Gasteiger partial charge >= 0.3 is 0 Å². The zero-order valence-electron chi connectivity index (χ0n) is 12.0. The highest BCUT2D eigenvalue weighted by Gasteiger charge is 2.50. The van der Waals surface area contributed by atoms with Crippen molar-refractivity contribution in [2.45, 2.75) is 78.0 Å². The number of nitrogens with one attached hydrogen (secondary N) is 1. The second kappa shape index (κ2) is 5.27. The van der Waals surface area contributed by atoms with Crippen LogP contribution in [0.5, 0.6) is 0 Å². The van der Waals surface area contributed by atoms with Crippen LogP contribution in [0.25, 0.3) is 0 Å². The fourth-order valence-corrected chi connectivity index (χ4v) is 3.75. The average Bonchev–Trinajstić information content (AvgIpc) is 2.74. The summed E-state index contributed by atoms with van der Waals surface area (Å²) in [5.74, 6) is 0.800. The van der Waals surface area contributed by atoms with Crippen molar-refractivity contribution in [3.8, 4) is 0 Å². The maximum atomic E-state index is 5.80. The van der Waals surface area contributed by atoms with Gasteiger partial charge in [0.15, 0.2) is 0 Å². The van der Waals surface area contributed by atoms with E-state index in [4.69, 9.17) is 4.74 Å². The zero-order chi connectivity index (χ0) is 12.5. The molecule has 0 amide bonds. The number of hydrogen-bond donors (Lipinski definition) is 1. The predicted octanol–water partition coefficient (Wildman–Crippen LogP) is 3.36. The molecule has 3 heterocycles. The van der Waals surface area contributed by atoms with Crippen LogP contribution in [0.4, 0.5) is 0 Å². The van der Waals surface area contributed by atoms with E-state index in [1.807, 2.05) is 0 Å². The van der Waals surface area contributed by atoms with Crippen molar-refractivity contribution in [3.63, 3.8) is 0 Å². The van der Waals surface area contributed by atoms with Crippen molar-refractivity contribution in [2.24, 2.45) is 11.3 Å². The van der Waals surface area contributed by atoms with Gasteiger partial charge in [-0.25, -0.2) is 0 Å². The molecule has 3 saturated heterocycles. The molecule has 0 saturated carbocycles. The van der Waals surface area contributed by atoms with Gasteiger partial charge in [0.05, 0.1) is 12.2 Å². The van der Waals surface area contributed by atoms with Gasteiger partial charge in [0.25, 0.3) is 0 Å². The highest BCUT2D eigenvalue weighted by atomic mass is 16.5. The van der Waals surface area contributed by atoms with Crippen LogP contribution in [-0.2, 0) is 4.74 Å². The van der Waals surface area contributed by atoms with Crippen LogP contribution < -0.4 is 5.32 Å². The van der Waals surface area contributed by atoms with Crippen molar-refractivity contribution in [3.05, 3.63) is 0 Å². The minimum absolute atomic E-state index is 0.461. The number of fused-ring (bicyclic) bond motifs is 2. The third-order valence-corrected chi connectivity index (χ3v) is 4.57. The van der Waals surface area contributed by atoms with Crippen molar-refractivity contribution in [1.82, 2.24) is 5.32 Å². The lowest BCUT2D eigenvalue weighted by Gasteiger charge is -2.30. The van der Waals surface area contributed by atoms with E-state index < -0.39 is 0 Å². The normalized spacial score (nSPS) is 43.1. The van der Waals surface area contributed by atoms with Gasteiger partial charge in [-0.05, 0) is 50.5 Å². The van der Waals surface area contributed by atoms with Gasteiger partial charge in [0.1, 0.15) is 0 Å². The van der Waals surface area contributed by atoms with Gasteiger partial charge in [0.2, 0.25) is 0 Å². The Hall–Kier alpha value is -0.0800. The van der Waals surface area contributed by atoms with E-state index in [0.29, 0.717) is 17.6 Å². The monoisotopic (exact) mass is 239 g/mol. The molecular weight excluding hydrogens is 210 g/mol. The van der Waals surface area contributed by atoms with Crippen LogP contribution >= 0.6 is 0 Å². The van der Waals surface area contributed by atoms with Crippen LogP contribution in [0.1, 0.15) is 59.8 Å². The Labute approximate surface area is 107 Å². The van der Waals surface area contributed by atoms with E-state index in [0.717, 1.165) is 12.0 Å². The Morgan fingerprint density at radius 2 is 1.94 bits per heavy atom. The van der Waals surface area contributed by atoms with E-state index in [-0.39, 0.29) is 0 Å². The van der Waals surface area contributed by atoms with Gasteiger partial charge in [-0.1, -0.05) is 27.2 Å². The molecule has 100 valence electrons. The molecule has 2 heteroatoms. The highest BCUT2D eigenvalue weighted by Crippen LogP contribution is 2.49. The Morgan fingerprint density at radius 1 is 1.18 bits per heavy atom. The second-order valence-corrected chi connectivity index (χ2v) is 6.94. The Morgan fingerprint density at radius 3 is 2.24 bits per heavy atom. The lowest BCUT2D eigenvalue weighted by Crippen LogP contribution is -2.31. The summed E-state index contributed by atoms with van der Waals surface area (Å²) in [6, 6.07) is 0.786. The van der Waals surface area contributed by atoms with E-state index in [1.165, 1.54) is 38.6 Å². The van der Waals surface area contributed by atoms with E-state index in [2.05, 4.69) is 33.0 Å². The third kappa shape index (κ3) is 3.23. The summed E-state index contributed by atoms with van der Waals surface area (Å²) in [5.41, 5.74) is 0.461. The first kappa shape index (κ1) is 13.4. The lowest BCUT2D eigenvalue weighted by atomic mass is 9.73. The first-order chi connectivity index (χ1) is 7.99. The van der Waals surface area contributed by atoms with Gasteiger partial charge in [-0.2, -0.15) is 0 Å². The molecule has 0 aromatic heterocycles. The molecule has 17 heavy (non-hydrogen) atoms. The van der Waals surface area contributed by atoms with Gasteiger partial charge in [-0.15, -0.1) is 0 Å². The standard InChI is InChI=1S/C9H16O.C6H13N/c1-6-4-7-5-9(2,3)8(6)10-7;1-6-4-2-3-5-7-6/h6-8H,4-5H2,1-3H3;6-7H,2-5H2,1H3. The molecule has 1 N–H and O–H groups in total. The molecular formula is C15H29NO. The number of ether oxygens (including phenoxy) is 1. The SMILES string of the molecule is CC1CC2CC(C)(C)C1O2.CC1CCCCN1. The van der Waals surface area contributed by atoms with Crippen LogP contribution in [0.3, 0.4) is 0 Å². The van der Waals surface area contributed by atoms with Crippen LogP contribution in [0.15, 0.2) is 0 Å². The summed E-state index contributed by atoms with van der Waals surface area (Å²) in [6.45, 7) is 10.5. The van der Waals surface area contributed by atoms with Gasteiger partial charge in [0, 0.05) is 6.04 Å². The Balaban J connectivity index is 0.000000136. The van der Waals surface area contributed by atoms with Gasteiger partial charge < -0.3 is 10.1 Å². The fraction of sp³-hybridized carbons (Fsp3) is 1.00. The lowest BCUT2D eigenvalue weighted by molar-refractivity contribution is 0.0556. The molecule has 4 unspecified atom stereocenters. The molecule has 3 aliphatic rings. The van der Waals surface area contributed by atoms with E-state index >= 15 is 0 Å². The summed E-state index contributed by atoms with van der Waals surface area (Å²) in [6.07, 6.45) is 7.90. The summed E-state index contributed by atoms with van der Waals surface area (Å²) < 4.78 is 5.80.